The molecule has 0 saturated carbocycles. The number of hydrogen-bond acceptors (Lipinski definition) is 3. The fourth-order valence-electron chi connectivity index (χ4n) is 8.31. The predicted molar refractivity (Wildman–Crippen MR) is 234 cm³/mol. The van der Waals surface area contributed by atoms with E-state index >= 15 is 4.39 Å². The number of fused-ring (bicyclic) bond motifs is 6. The van der Waals surface area contributed by atoms with Gasteiger partial charge < -0.3 is 14.7 Å². The monoisotopic (exact) mass is 757 g/mol. The SMILES string of the molecule is NC(=CC(=NCc1ccccc1-c1ccc2c(c1)c1c(n2-c2ccc(-c3cccc4c3oc3cccc(F)c34)cc2)C=CCC1F)c1ccccc1)c1ccccc1. The highest BCUT2D eigenvalue weighted by atomic mass is 19.1. The van der Waals surface area contributed by atoms with E-state index in [4.69, 9.17) is 15.1 Å². The van der Waals surface area contributed by atoms with Crippen LogP contribution in [0.4, 0.5) is 8.78 Å². The first-order valence-electron chi connectivity index (χ1n) is 19.4. The minimum atomic E-state index is -1.14. The molecule has 0 radical (unpaired) electrons. The molecule has 0 spiro atoms. The maximum Gasteiger partial charge on any atom is 0.143 e. The van der Waals surface area contributed by atoms with E-state index in [1.807, 2.05) is 121 Å². The molecule has 4 nitrogen and oxygen atoms in total. The minimum absolute atomic E-state index is 0.304. The molecule has 1 atom stereocenters. The van der Waals surface area contributed by atoms with E-state index in [2.05, 4.69) is 47.0 Å². The summed E-state index contributed by atoms with van der Waals surface area (Å²) in [6.07, 6.45) is 5.07. The first-order valence-corrected chi connectivity index (χ1v) is 19.4. The van der Waals surface area contributed by atoms with E-state index in [-0.39, 0.29) is 5.82 Å². The Morgan fingerprint density at radius 3 is 2.24 bits per heavy atom. The zero-order valence-electron chi connectivity index (χ0n) is 31.4. The van der Waals surface area contributed by atoms with Gasteiger partial charge in [0.1, 0.15) is 23.2 Å². The highest BCUT2D eigenvalue weighted by Gasteiger charge is 2.26. The van der Waals surface area contributed by atoms with Crippen molar-refractivity contribution in [3.63, 3.8) is 0 Å². The quantitative estimate of drug-likeness (QED) is 0.157. The molecular formula is C52H37F2N3O. The van der Waals surface area contributed by atoms with Gasteiger partial charge in [0.15, 0.2) is 0 Å². The van der Waals surface area contributed by atoms with Crippen LogP contribution in [0.5, 0.6) is 0 Å². The van der Waals surface area contributed by atoms with Crippen LogP contribution < -0.4 is 5.73 Å². The van der Waals surface area contributed by atoms with E-state index in [0.717, 1.165) is 72.3 Å². The fraction of sp³-hybridized carbons (Fsp3) is 0.0577. The number of nitrogens with zero attached hydrogens (tertiary/aromatic N) is 2. The van der Waals surface area contributed by atoms with Gasteiger partial charge in [0.05, 0.1) is 28.9 Å². The third kappa shape index (κ3) is 6.20. The number of para-hydroxylation sites is 1. The summed E-state index contributed by atoms with van der Waals surface area (Å²) in [5, 5.41) is 2.11. The Hall–Kier alpha value is -7.31. The number of alkyl halides is 1. The summed E-state index contributed by atoms with van der Waals surface area (Å²) in [5.41, 5.74) is 19.3. The van der Waals surface area contributed by atoms with Crippen molar-refractivity contribution in [1.82, 2.24) is 4.57 Å². The largest absolute Gasteiger partial charge is 0.455 e. The summed E-state index contributed by atoms with van der Waals surface area (Å²) in [5.74, 6) is -0.304. The Morgan fingerprint density at radius 1 is 0.724 bits per heavy atom. The van der Waals surface area contributed by atoms with Crippen molar-refractivity contribution in [2.75, 3.05) is 0 Å². The van der Waals surface area contributed by atoms with Crippen molar-refractivity contribution in [3.8, 4) is 27.9 Å². The predicted octanol–water partition coefficient (Wildman–Crippen LogP) is 13.4. The summed E-state index contributed by atoms with van der Waals surface area (Å²) < 4.78 is 39.2. The third-order valence-electron chi connectivity index (χ3n) is 11.1. The highest BCUT2D eigenvalue weighted by Crippen LogP contribution is 2.43. The van der Waals surface area contributed by atoms with Gasteiger partial charge in [0.2, 0.25) is 0 Å². The van der Waals surface area contributed by atoms with Crippen molar-refractivity contribution in [2.45, 2.75) is 19.1 Å². The summed E-state index contributed by atoms with van der Waals surface area (Å²) >= 11 is 0. The number of halogens is 2. The van der Waals surface area contributed by atoms with Crippen molar-refractivity contribution in [3.05, 3.63) is 210 Å². The topological polar surface area (TPSA) is 56.4 Å². The molecule has 0 bridgehead atoms. The van der Waals surface area contributed by atoms with Crippen LogP contribution >= 0.6 is 0 Å². The molecule has 7 aromatic carbocycles. The Morgan fingerprint density at radius 2 is 1.43 bits per heavy atom. The molecule has 0 fully saturated rings. The molecule has 2 N–H and O–H groups in total. The van der Waals surface area contributed by atoms with E-state index in [0.29, 0.717) is 40.8 Å². The van der Waals surface area contributed by atoms with Crippen molar-refractivity contribution < 1.29 is 13.2 Å². The smallest absolute Gasteiger partial charge is 0.143 e. The van der Waals surface area contributed by atoms with Gasteiger partial charge in [-0.1, -0.05) is 133 Å². The number of aliphatic imine (C=N–C) groups is 1. The third-order valence-corrected chi connectivity index (χ3v) is 11.1. The van der Waals surface area contributed by atoms with Crippen LogP contribution in [0.15, 0.2) is 185 Å². The van der Waals surface area contributed by atoms with E-state index < -0.39 is 6.17 Å². The summed E-state index contributed by atoms with van der Waals surface area (Å²) in [7, 11) is 0. The number of allylic oxidation sites excluding steroid dienone is 2. The van der Waals surface area contributed by atoms with Gasteiger partial charge >= 0.3 is 0 Å². The molecule has 0 amide bonds. The Bertz CT molecular complexity index is 3080. The maximum absolute atomic E-state index is 16.1. The number of hydrogen-bond donors (Lipinski definition) is 1. The first kappa shape index (κ1) is 35.1. The maximum atomic E-state index is 16.1. The van der Waals surface area contributed by atoms with Crippen LogP contribution in [0.1, 0.15) is 40.5 Å². The number of nitrogens with two attached hydrogens (primary N) is 1. The van der Waals surface area contributed by atoms with Crippen molar-refractivity contribution >= 4 is 50.3 Å². The second-order valence-corrected chi connectivity index (χ2v) is 14.6. The molecule has 6 heteroatoms. The first-order chi connectivity index (χ1) is 28.5. The minimum Gasteiger partial charge on any atom is -0.455 e. The molecule has 9 aromatic rings. The molecule has 10 rings (SSSR count). The Balaban J connectivity index is 1.03. The fourth-order valence-corrected chi connectivity index (χ4v) is 8.31. The zero-order valence-corrected chi connectivity index (χ0v) is 31.4. The average Bonchev–Trinajstić information content (AvgIpc) is 3.83. The molecule has 280 valence electrons. The lowest BCUT2D eigenvalue weighted by Gasteiger charge is -2.15. The molecule has 1 unspecified atom stereocenters. The Kier molecular flexibility index (Phi) is 8.87. The standard InChI is InChI=1S/C52H37F2N3O/c53-43-20-10-22-48-50(43)42-30-36(39-17-8-7-16-37(39)32-56-46(35-14-5-2-6-15-35)31-45(55)34-12-3-1-4-13-34)26-29-47(42)57(48)38-27-24-33(25-28-38)40-18-9-19-41-51-44(54)21-11-23-49(51)58-52(40)41/h1-19,21-31,43H,20,32,55H2. The average molecular weight is 758 g/mol. The van der Waals surface area contributed by atoms with Gasteiger partial charge in [0, 0.05) is 39.7 Å². The van der Waals surface area contributed by atoms with Crippen LogP contribution in [-0.4, -0.2) is 10.3 Å². The van der Waals surface area contributed by atoms with Gasteiger partial charge in [-0.3, -0.25) is 4.99 Å². The molecular weight excluding hydrogens is 721 g/mol. The molecule has 2 heterocycles. The van der Waals surface area contributed by atoms with Crippen LogP contribution in [0, 0.1) is 5.82 Å². The van der Waals surface area contributed by atoms with Gasteiger partial charge in [-0.25, -0.2) is 8.78 Å². The van der Waals surface area contributed by atoms with Crippen molar-refractivity contribution in [2.24, 2.45) is 10.7 Å². The van der Waals surface area contributed by atoms with Crippen LogP contribution in [0.25, 0.3) is 72.6 Å². The van der Waals surface area contributed by atoms with Gasteiger partial charge in [-0.15, -0.1) is 0 Å². The number of benzene rings is 7. The number of furan rings is 1. The molecule has 58 heavy (non-hydrogen) atoms. The van der Waals surface area contributed by atoms with Crippen LogP contribution in [0.3, 0.4) is 0 Å². The number of aromatic nitrogens is 1. The van der Waals surface area contributed by atoms with E-state index in [9.17, 15) is 4.39 Å². The molecule has 0 saturated heterocycles. The lowest BCUT2D eigenvalue weighted by atomic mass is 9.95. The van der Waals surface area contributed by atoms with Crippen molar-refractivity contribution in [1.29, 1.82) is 0 Å². The van der Waals surface area contributed by atoms with Gasteiger partial charge in [0.25, 0.3) is 0 Å². The molecule has 2 aromatic heterocycles. The normalized spacial score (nSPS) is 14.4. The molecule has 1 aliphatic rings. The molecule has 1 aliphatic carbocycles. The van der Waals surface area contributed by atoms with E-state index in [1.165, 1.54) is 6.07 Å². The lowest BCUT2D eigenvalue weighted by molar-refractivity contribution is 0.347. The van der Waals surface area contributed by atoms with E-state index in [1.54, 1.807) is 12.1 Å². The zero-order chi connectivity index (χ0) is 39.2. The number of rotatable bonds is 8. The summed E-state index contributed by atoms with van der Waals surface area (Å²) in [4.78, 5) is 5.13. The summed E-state index contributed by atoms with van der Waals surface area (Å²) in [6.45, 7) is 0.424. The second-order valence-electron chi connectivity index (χ2n) is 14.6. The van der Waals surface area contributed by atoms with Crippen LogP contribution in [-0.2, 0) is 6.54 Å². The second kappa shape index (κ2) is 14.6. The summed E-state index contributed by atoms with van der Waals surface area (Å²) in [6, 6.07) is 53.5. The van der Waals surface area contributed by atoms with Crippen LogP contribution in [0.2, 0.25) is 0 Å². The van der Waals surface area contributed by atoms with Gasteiger partial charge in [-0.05, 0) is 81.9 Å². The highest BCUT2D eigenvalue weighted by molar-refractivity contribution is 6.12. The van der Waals surface area contributed by atoms with Gasteiger partial charge in [-0.2, -0.15) is 0 Å². The lowest BCUT2D eigenvalue weighted by Crippen LogP contribution is -2.04. The Labute approximate surface area is 334 Å². The molecule has 0 aliphatic heterocycles.